The Morgan fingerprint density at radius 2 is 2.04 bits per heavy atom. The van der Waals surface area contributed by atoms with Crippen LogP contribution in [-0.4, -0.2) is 49.5 Å². The van der Waals surface area contributed by atoms with E-state index >= 15 is 0 Å². The van der Waals surface area contributed by atoms with Crippen molar-refractivity contribution in [2.24, 2.45) is 11.8 Å². The van der Waals surface area contributed by atoms with Crippen molar-refractivity contribution in [3.8, 4) is 0 Å². The van der Waals surface area contributed by atoms with Crippen LogP contribution < -0.4 is 0 Å². The third-order valence-corrected chi connectivity index (χ3v) is 5.70. The predicted octanol–water partition coefficient (Wildman–Crippen LogP) is 0.869. The van der Waals surface area contributed by atoms with Crippen LogP contribution >= 0.6 is 0 Å². The van der Waals surface area contributed by atoms with Crippen LogP contribution in [0.2, 0.25) is 0 Å². The summed E-state index contributed by atoms with van der Waals surface area (Å²) in [6, 6.07) is -0.149. The van der Waals surface area contributed by atoms with Gasteiger partial charge in [-0.25, -0.2) is 4.68 Å². The molecule has 0 unspecified atom stereocenters. The molecule has 2 aliphatic carbocycles. The van der Waals surface area contributed by atoms with E-state index < -0.39 is 11.9 Å². The zero-order chi connectivity index (χ0) is 16.0. The van der Waals surface area contributed by atoms with E-state index in [1.807, 2.05) is 0 Å². The van der Waals surface area contributed by atoms with Crippen LogP contribution in [0.25, 0.3) is 0 Å². The van der Waals surface area contributed by atoms with Crippen molar-refractivity contribution < 1.29 is 14.7 Å². The highest BCUT2D eigenvalue weighted by atomic mass is 16.4. The van der Waals surface area contributed by atoms with Gasteiger partial charge in [0.2, 0.25) is 5.91 Å². The molecule has 2 bridgehead atoms. The molecule has 3 atom stereocenters. The lowest BCUT2D eigenvalue weighted by Gasteiger charge is -2.48. The number of fused-ring (bicyclic) bond motifs is 4. The Morgan fingerprint density at radius 1 is 1.22 bits per heavy atom. The molecule has 3 heterocycles. The molecule has 7 nitrogen and oxygen atoms in total. The van der Waals surface area contributed by atoms with Gasteiger partial charge >= 0.3 is 5.97 Å². The van der Waals surface area contributed by atoms with E-state index in [0.717, 1.165) is 49.9 Å². The monoisotopic (exact) mass is 318 g/mol. The van der Waals surface area contributed by atoms with Gasteiger partial charge in [-0.3, -0.25) is 9.59 Å². The normalized spacial score (nSPS) is 29.4. The highest BCUT2D eigenvalue weighted by molar-refractivity contribution is 5.79. The summed E-state index contributed by atoms with van der Waals surface area (Å²) >= 11 is 0. The van der Waals surface area contributed by atoms with Gasteiger partial charge in [0.05, 0.1) is 17.3 Å². The number of aliphatic carboxylic acids is 1. The number of carbonyl (C=O) groups is 2. The third-order valence-electron chi connectivity index (χ3n) is 5.70. The van der Waals surface area contributed by atoms with E-state index in [0.29, 0.717) is 18.9 Å². The first kappa shape index (κ1) is 14.7. The van der Waals surface area contributed by atoms with Gasteiger partial charge in [0.1, 0.15) is 6.54 Å². The highest BCUT2D eigenvalue weighted by Gasteiger charge is 2.45. The van der Waals surface area contributed by atoms with Crippen molar-refractivity contribution in [1.82, 2.24) is 19.9 Å². The van der Waals surface area contributed by atoms with Crippen LogP contribution in [0.15, 0.2) is 0 Å². The molecule has 1 aromatic rings. The van der Waals surface area contributed by atoms with Crippen molar-refractivity contribution in [2.45, 2.75) is 57.5 Å². The molecule has 124 valence electrons. The summed E-state index contributed by atoms with van der Waals surface area (Å²) < 4.78 is 1.73. The van der Waals surface area contributed by atoms with Crippen molar-refractivity contribution in [3.05, 3.63) is 11.4 Å². The number of aromatic nitrogens is 3. The SMILES string of the molecule is O=C(O)[C@@H]1C[C@H]2CC[C@@H]1N(C(=O)Cn1nnc3c1CCCC3)C2. The molecule has 7 heteroatoms. The topological polar surface area (TPSA) is 88.3 Å². The molecule has 1 saturated carbocycles. The Kier molecular flexibility index (Phi) is 3.58. The zero-order valence-corrected chi connectivity index (χ0v) is 13.1. The van der Waals surface area contributed by atoms with Gasteiger partial charge in [0, 0.05) is 12.6 Å². The van der Waals surface area contributed by atoms with Gasteiger partial charge in [0.15, 0.2) is 0 Å². The molecule has 4 aliphatic rings. The van der Waals surface area contributed by atoms with Gasteiger partial charge < -0.3 is 10.0 Å². The molecule has 0 radical (unpaired) electrons. The summed E-state index contributed by atoms with van der Waals surface area (Å²) in [5.41, 5.74) is 2.11. The summed E-state index contributed by atoms with van der Waals surface area (Å²) in [5.74, 6) is -0.856. The van der Waals surface area contributed by atoms with Crippen LogP contribution in [0, 0.1) is 11.8 Å². The Balaban J connectivity index is 1.51. The smallest absolute Gasteiger partial charge is 0.308 e. The minimum atomic E-state index is -0.768. The first-order chi connectivity index (χ1) is 11.1. The van der Waals surface area contributed by atoms with Gasteiger partial charge in [-0.15, -0.1) is 5.10 Å². The first-order valence-electron chi connectivity index (χ1n) is 8.57. The average Bonchev–Trinajstić information content (AvgIpc) is 2.98. The lowest BCUT2D eigenvalue weighted by atomic mass is 9.72. The van der Waals surface area contributed by atoms with Crippen molar-refractivity contribution in [2.75, 3.05) is 6.54 Å². The number of piperidine rings is 2. The Hall–Kier alpha value is -1.92. The summed E-state index contributed by atoms with van der Waals surface area (Å²) in [5, 5.41) is 17.8. The lowest BCUT2D eigenvalue weighted by Crippen LogP contribution is -2.57. The van der Waals surface area contributed by atoms with E-state index in [1.54, 1.807) is 9.58 Å². The standard InChI is InChI=1S/C16H22N4O3/c21-15(9-20-14-4-2-1-3-12(14)17-18-20)19-8-10-5-6-13(19)11(7-10)16(22)23/h10-11,13H,1-9H2,(H,22,23)/t10-,11-,13+/m1/s1. The van der Waals surface area contributed by atoms with Gasteiger partial charge in [-0.05, 0) is 50.9 Å². The summed E-state index contributed by atoms with van der Waals surface area (Å²) in [6.45, 7) is 0.891. The molecule has 3 fully saturated rings. The lowest BCUT2D eigenvalue weighted by molar-refractivity contribution is -0.156. The van der Waals surface area contributed by atoms with Gasteiger partial charge in [0.25, 0.3) is 0 Å². The maximum atomic E-state index is 12.8. The molecule has 1 aromatic heterocycles. The van der Waals surface area contributed by atoms with E-state index in [2.05, 4.69) is 10.3 Å². The van der Waals surface area contributed by atoms with Gasteiger partial charge in [-0.2, -0.15) is 0 Å². The second-order valence-electron chi connectivity index (χ2n) is 7.08. The molecular weight excluding hydrogens is 296 g/mol. The number of nitrogens with zero attached hydrogens (tertiary/aromatic N) is 4. The molecule has 5 rings (SSSR count). The number of rotatable bonds is 3. The summed E-state index contributed by atoms with van der Waals surface area (Å²) in [4.78, 5) is 26.0. The molecule has 2 aliphatic heterocycles. The number of hydrogen-bond donors (Lipinski definition) is 1. The number of carboxylic acid groups (broad SMARTS) is 1. The zero-order valence-electron chi connectivity index (χ0n) is 13.1. The van der Waals surface area contributed by atoms with Crippen LogP contribution in [0.3, 0.4) is 0 Å². The second-order valence-corrected chi connectivity index (χ2v) is 7.08. The second kappa shape index (κ2) is 5.62. The third kappa shape index (κ3) is 2.52. The van der Waals surface area contributed by atoms with E-state index in [1.165, 1.54) is 0 Å². The van der Waals surface area contributed by atoms with Crippen molar-refractivity contribution >= 4 is 11.9 Å². The summed E-state index contributed by atoms with van der Waals surface area (Å²) in [7, 11) is 0. The van der Waals surface area contributed by atoms with Gasteiger partial charge in [-0.1, -0.05) is 5.21 Å². The molecule has 2 saturated heterocycles. The number of carbonyl (C=O) groups excluding carboxylic acids is 1. The van der Waals surface area contributed by atoms with E-state index in [-0.39, 0.29) is 18.5 Å². The molecule has 1 N–H and O–H groups in total. The van der Waals surface area contributed by atoms with E-state index in [4.69, 9.17) is 0 Å². The number of hydrogen-bond acceptors (Lipinski definition) is 4. The van der Waals surface area contributed by atoms with Crippen LogP contribution in [0.5, 0.6) is 0 Å². The predicted molar refractivity (Wildman–Crippen MR) is 80.6 cm³/mol. The molecule has 23 heavy (non-hydrogen) atoms. The fourth-order valence-corrected chi connectivity index (χ4v) is 4.51. The Bertz CT molecular complexity index is 641. The summed E-state index contributed by atoms with van der Waals surface area (Å²) in [6.07, 6.45) is 6.68. The highest BCUT2D eigenvalue weighted by Crippen LogP contribution is 2.39. The Labute approximate surface area is 134 Å². The number of carboxylic acids is 1. The fraction of sp³-hybridized carbons (Fsp3) is 0.750. The fourth-order valence-electron chi connectivity index (χ4n) is 4.51. The molecule has 1 amide bonds. The Morgan fingerprint density at radius 3 is 2.83 bits per heavy atom. The largest absolute Gasteiger partial charge is 0.481 e. The van der Waals surface area contributed by atoms with E-state index in [9.17, 15) is 14.7 Å². The molecule has 0 aromatic carbocycles. The van der Waals surface area contributed by atoms with Crippen molar-refractivity contribution in [1.29, 1.82) is 0 Å². The van der Waals surface area contributed by atoms with Crippen LogP contribution in [0.4, 0.5) is 0 Å². The molecular formula is C16H22N4O3. The van der Waals surface area contributed by atoms with Crippen LogP contribution in [-0.2, 0) is 29.0 Å². The maximum Gasteiger partial charge on any atom is 0.308 e. The molecule has 0 spiro atoms. The quantitative estimate of drug-likeness (QED) is 0.893. The van der Waals surface area contributed by atoms with Crippen molar-refractivity contribution in [3.63, 3.8) is 0 Å². The minimum absolute atomic E-state index is 0.0103. The number of aryl methyl sites for hydroxylation is 1. The minimum Gasteiger partial charge on any atom is -0.481 e. The first-order valence-corrected chi connectivity index (χ1v) is 8.57. The maximum absolute atomic E-state index is 12.8. The average molecular weight is 318 g/mol. The number of amides is 1. The van der Waals surface area contributed by atoms with Crippen LogP contribution in [0.1, 0.15) is 43.5 Å².